The maximum Gasteiger partial charge on any atom is 0.275 e. The van der Waals surface area contributed by atoms with Crippen molar-refractivity contribution in [3.8, 4) is 5.88 Å². The van der Waals surface area contributed by atoms with Gasteiger partial charge in [0.2, 0.25) is 5.88 Å². The first-order valence-electron chi connectivity index (χ1n) is 8.73. The molecule has 0 aliphatic carbocycles. The van der Waals surface area contributed by atoms with Gasteiger partial charge in [0, 0.05) is 12.0 Å². The molecule has 7 nitrogen and oxygen atoms in total. The fraction of sp³-hybridized carbons (Fsp3) is 0.368. The number of methoxy groups -OCH3 is 1. The SMILES string of the molecule is COc1cnc(C(=O)Nc2cccc([C@@]3(C)N=C(N)[C@](C)(F)C[C@@H]3F)c2F)cn1. The number of nitrogens with zero attached hydrogens (tertiary/aromatic N) is 3. The maximum atomic E-state index is 15.1. The molecule has 0 saturated heterocycles. The lowest BCUT2D eigenvalue weighted by Gasteiger charge is -2.39. The van der Waals surface area contributed by atoms with E-state index in [1.165, 1.54) is 44.6 Å². The van der Waals surface area contributed by atoms with Crippen molar-refractivity contribution in [3.05, 3.63) is 47.7 Å². The first kappa shape index (κ1) is 20.6. The second-order valence-corrected chi connectivity index (χ2v) is 7.08. The molecule has 3 rings (SSSR count). The van der Waals surface area contributed by atoms with E-state index in [0.717, 1.165) is 6.92 Å². The fourth-order valence-corrected chi connectivity index (χ4v) is 3.05. The van der Waals surface area contributed by atoms with Crippen molar-refractivity contribution < 1.29 is 22.7 Å². The predicted molar refractivity (Wildman–Crippen MR) is 101 cm³/mol. The van der Waals surface area contributed by atoms with E-state index in [1.54, 1.807) is 0 Å². The molecule has 0 saturated carbocycles. The number of hydrogen-bond donors (Lipinski definition) is 2. The van der Waals surface area contributed by atoms with Gasteiger partial charge in [-0.05, 0) is 19.9 Å². The Kier molecular flexibility index (Phi) is 5.20. The van der Waals surface area contributed by atoms with Gasteiger partial charge in [0.1, 0.15) is 23.2 Å². The van der Waals surface area contributed by atoms with Gasteiger partial charge in [0.15, 0.2) is 11.5 Å². The van der Waals surface area contributed by atoms with Gasteiger partial charge in [-0.25, -0.2) is 23.1 Å². The largest absolute Gasteiger partial charge is 0.480 e. The van der Waals surface area contributed by atoms with E-state index in [1.807, 2.05) is 0 Å². The number of aliphatic imine (C=N–C) groups is 1. The summed E-state index contributed by atoms with van der Waals surface area (Å²) in [5, 5.41) is 2.37. The monoisotopic (exact) mass is 407 g/mol. The van der Waals surface area contributed by atoms with Crippen LogP contribution in [0.25, 0.3) is 0 Å². The summed E-state index contributed by atoms with van der Waals surface area (Å²) in [7, 11) is 1.40. The average molecular weight is 407 g/mol. The fourth-order valence-electron chi connectivity index (χ4n) is 3.05. The van der Waals surface area contributed by atoms with Crippen molar-refractivity contribution in [3.63, 3.8) is 0 Å². The van der Waals surface area contributed by atoms with Gasteiger partial charge >= 0.3 is 0 Å². The van der Waals surface area contributed by atoms with Crippen molar-refractivity contribution in [1.29, 1.82) is 0 Å². The number of amides is 1. The normalized spacial score (nSPS) is 26.6. The summed E-state index contributed by atoms with van der Waals surface area (Å²) in [5.74, 6) is -1.81. The second-order valence-electron chi connectivity index (χ2n) is 7.08. The van der Waals surface area contributed by atoms with Gasteiger partial charge in [-0.2, -0.15) is 0 Å². The lowest BCUT2D eigenvalue weighted by Crippen LogP contribution is -2.51. The van der Waals surface area contributed by atoms with Gasteiger partial charge in [-0.1, -0.05) is 12.1 Å². The van der Waals surface area contributed by atoms with Crippen molar-refractivity contribution in [2.45, 2.75) is 37.6 Å². The van der Waals surface area contributed by atoms with Crippen LogP contribution in [0.3, 0.4) is 0 Å². The van der Waals surface area contributed by atoms with Gasteiger partial charge < -0.3 is 15.8 Å². The highest BCUT2D eigenvalue weighted by molar-refractivity contribution is 6.02. The van der Waals surface area contributed by atoms with Crippen LogP contribution < -0.4 is 15.8 Å². The highest BCUT2D eigenvalue weighted by Gasteiger charge is 2.49. The van der Waals surface area contributed by atoms with Crippen molar-refractivity contribution in [2.75, 3.05) is 12.4 Å². The van der Waals surface area contributed by atoms with E-state index in [2.05, 4.69) is 20.3 Å². The van der Waals surface area contributed by atoms with Crippen LogP contribution in [-0.4, -0.2) is 40.7 Å². The zero-order chi connectivity index (χ0) is 21.4. The zero-order valence-corrected chi connectivity index (χ0v) is 16.0. The van der Waals surface area contributed by atoms with Gasteiger partial charge in [0.25, 0.3) is 5.91 Å². The summed E-state index contributed by atoms with van der Waals surface area (Å²) in [4.78, 5) is 24.0. The maximum absolute atomic E-state index is 15.1. The van der Waals surface area contributed by atoms with E-state index in [4.69, 9.17) is 10.5 Å². The molecule has 2 heterocycles. The molecule has 0 fully saturated rings. The van der Waals surface area contributed by atoms with Crippen LogP contribution in [-0.2, 0) is 5.54 Å². The number of nitrogens with one attached hydrogen (secondary N) is 1. The molecule has 2 aromatic rings. The first-order valence-corrected chi connectivity index (χ1v) is 8.73. The topological polar surface area (TPSA) is 102 Å². The lowest BCUT2D eigenvalue weighted by molar-refractivity contribution is 0.102. The third kappa shape index (κ3) is 3.74. The van der Waals surface area contributed by atoms with Crippen molar-refractivity contribution >= 4 is 17.4 Å². The molecule has 0 bridgehead atoms. The van der Waals surface area contributed by atoms with Crippen molar-refractivity contribution in [1.82, 2.24) is 9.97 Å². The Hall–Kier alpha value is -3.17. The minimum atomic E-state index is -2.12. The number of carbonyl (C=O) groups is 1. The number of carbonyl (C=O) groups excluding carboxylic acids is 1. The molecule has 0 unspecified atom stereocenters. The molecule has 3 N–H and O–H groups in total. The van der Waals surface area contributed by atoms with Crippen LogP contribution in [0.2, 0.25) is 0 Å². The third-order valence-corrected chi connectivity index (χ3v) is 4.92. The number of ether oxygens (including phenoxy) is 1. The molecule has 29 heavy (non-hydrogen) atoms. The molecule has 1 aromatic heterocycles. The van der Waals surface area contributed by atoms with E-state index in [0.29, 0.717) is 0 Å². The Morgan fingerprint density at radius 3 is 2.66 bits per heavy atom. The Labute approximate surface area is 165 Å². The Balaban J connectivity index is 1.93. The number of aromatic nitrogens is 2. The molecular formula is C19H20F3N5O2. The number of halogens is 3. The Bertz CT molecular complexity index is 965. The number of nitrogens with two attached hydrogens (primary N) is 1. The predicted octanol–water partition coefficient (Wildman–Crippen LogP) is 2.92. The number of rotatable bonds is 4. The van der Waals surface area contributed by atoms with Crippen LogP contribution in [0.5, 0.6) is 5.88 Å². The molecule has 154 valence electrons. The minimum Gasteiger partial charge on any atom is -0.480 e. The Morgan fingerprint density at radius 1 is 1.31 bits per heavy atom. The van der Waals surface area contributed by atoms with E-state index >= 15 is 4.39 Å². The standard InChI is InChI=1S/C19H20F3N5O2/c1-18(22)7-13(20)19(2,27-17(18)23)10-5-4-6-11(15(10)21)26-16(28)12-8-25-14(29-3)9-24-12/h4-6,8-9,13H,7H2,1-3H3,(H2,23,27)(H,26,28)/t13-,18+,19+/m0/s1. The molecule has 0 spiro atoms. The molecule has 0 radical (unpaired) electrons. The van der Waals surface area contributed by atoms with Crippen LogP contribution in [0.4, 0.5) is 18.9 Å². The first-order chi connectivity index (χ1) is 13.6. The summed E-state index contributed by atoms with van der Waals surface area (Å²) in [6.45, 7) is 2.46. The molecule has 3 atom stereocenters. The van der Waals surface area contributed by atoms with E-state index in [-0.39, 0.29) is 22.8 Å². The molecule has 1 aromatic carbocycles. The van der Waals surface area contributed by atoms with E-state index in [9.17, 15) is 13.6 Å². The van der Waals surface area contributed by atoms with Gasteiger partial charge in [-0.3, -0.25) is 9.79 Å². The summed E-state index contributed by atoms with van der Waals surface area (Å²) >= 11 is 0. The summed E-state index contributed by atoms with van der Waals surface area (Å²) in [6.07, 6.45) is 0.0289. The van der Waals surface area contributed by atoms with E-state index < -0.39 is 41.4 Å². The van der Waals surface area contributed by atoms with Gasteiger partial charge in [0.05, 0.1) is 25.2 Å². The number of hydrogen-bond acceptors (Lipinski definition) is 6. The molecule has 1 aliphatic heterocycles. The molecule has 1 aliphatic rings. The third-order valence-electron chi connectivity index (χ3n) is 4.92. The minimum absolute atomic E-state index is 0.0710. The average Bonchev–Trinajstić information content (AvgIpc) is 2.68. The van der Waals surface area contributed by atoms with Crippen LogP contribution in [0, 0.1) is 5.82 Å². The number of anilines is 1. The number of benzene rings is 1. The highest BCUT2D eigenvalue weighted by Crippen LogP contribution is 2.42. The highest BCUT2D eigenvalue weighted by atomic mass is 19.2. The van der Waals surface area contributed by atoms with Crippen LogP contribution in [0.1, 0.15) is 36.3 Å². The molecule has 10 heteroatoms. The number of amidine groups is 1. The summed E-state index contributed by atoms with van der Waals surface area (Å²) in [6, 6.07) is 4.06. The van der Waals surface area contributed by atoms with Crippen LogP contribution in [0.15, 0.2) is 35.6 Å². The van der Waals surface area contributed by atoms with Gasteiger partial charge in [-0.15, -0.1) is 0 Å². The zero-order valence-electron chi connectivity index (χ0n) is 16.0. The number of alkyl halides is 2. The summed E-state index contributed by atoms with van der Waals surface area (Å²) in [5.41, 5.74) is 1.37. The molecular weight excluding hydrogens is 387 g/mol. The lowest BCUT2D eigenvalue weighted by atomic mass is 9.79. The van der Waals surface area contributed by atoms with Crippen molar-refractivity contribution in [2.24, 2.45) is 10.7 Å². The summed E-state index contributed by atoms with van der Waals surface area (Å²) < 4.78 is 49.1. The smallest absolute Gasteiger partial charge is 0.275 e. The van der Waals surface area contributed by atoms with Crippen LogP contribution >= 0.6 is 0 Å². The quantitative estimate of drug-likeness (QED) is 0.811. The Morgan fingerprint density at radius 2 is 2.03 bits per heavy atom. The second kappa shape index (κ2) is 7.34. The molecule has 1 amide bonds.